The summed E-state index contributed by atoms with van der Waals surface area (Å²) in [5, 5.41) is 13.3. The van der Waals surface area contributed by atoms with Gasteiger partial charge in [-0.2, -0.15) is 0 Å². The molecule has 1 unspecified atom stereocenters. The Labute approximate surface area is 124 Å². The summed E-state index contributed by atoms with van der Waals surface area (Å²) in [7, 11) is 0. The first kappa shape index (κ1) is 17.9. The van der Waals surface area contributed by atoms with E-state index in [-0.39, 0.29) is 12.1 Å². The molecule has 0 amide bonds. The van der Waals surface area contributed by atoms with Gasteiger partial charge in [0.2, 0.25) is 0 Å². The lowest BCUT2D eigenvalue weighted by molar-refractivity contribution is 0.0330. The molecule has 0 radical (unpaired) electrons. The van der Waals surface area contributed by atoms with E-state index in [1.54, 1.807) is 0 Å². The van der Waals surface area contributed by atoms with Gasteiger partial charge in [0.25, 0.3) is 0 Å². The number of nitrogens with one attached hydrogen (secondary N) is 1. The second-order valence-corrected chi connectivity index (χ2v) is 6.40. The Kier molecular flexibility index (Phi) is 8.69. The molecule has 0 aromatic carbocycles. The number of aliphatic hydroxyl groups excluding tert-OH is 1. The Morgan fingerprint density at radius 2 is 1.90 bits per heavy atom. The maximum absolute atomic E-state index is 9.65. The van der Waals surface area contributed by atoms with Gasteiger partial charge in [-0.25, -0.2) is 0 Å². The Morgan fingerprint density at radius 3 is 2.45 bits per heavy atom. The summed E-state index contributed by atoms with van der Waals surface area (Å²) in [5.74, 6) is 0.582. The molecule has 0 aliphatic heterocycles. The van der Waals surface area contributed by atoms with Crippen LogP contribution in [0.2, 0.25) is 0 Å². The SMILES string of the molecule is CCC(CO)(CCCOCCOCC(C)C)NC1CC1. The molecule has 1 aliphatic rings. The zero-order valence-electron chi connectivity index (χ0n) is 13.5. The smallest absolute Gasteiger partial charge is 0.0700 e. The second-order valence-electron chi connectivity index (χ2n) is 6.40. The average Bonchev–Trinajstić information content (AvgIpc) is 3.24. The summed E-state index contributed by atoms with van der Waals surface area (Å²) >= 11 is 0. The van der Waals surface area contributed by atoms with Gasteiger partial charge in [-0.05, 0) is 38.0 Å². The largest absolute Gasteiger partial charge is 0.394 e. The molecule has 0 aromatic heterocycles. The van der Waals surface area contributed by atoms with Crippen molar-refractivity contribution in [2.45, 2.75) is 64.5 Å². The molecule has 1 aliphatic carbocycles. The average molecular weight is 287 g/mol. The predicted molar refractivity (Wildman–Crippen MR) is 82.0 cm³/mol. The Bertz CT molecular complexity index is 238. The minimum atomic E-state index is -0.0985. The summed E-state index contributed by atoms with van der Waals surface area (Å²) in [6, 6.07) is 0.632. The molecular weight excluding hydrogens is 254 g/mol. The van der Waals surface area contributed by atoms with Crippen molar-refractivity contribution in [3.63, 3.8) is 0 Å². The molecule has 1 saturated carbocycles. The van der Waals surface area contributed by atoms with Gasteiger partial charge in [-0.3, -0.25) is 0 Å². The van der Waals surface area contributed by atoms with Crippen LogP contribution >= 0.6 is 0 Å². The highest BCUT2D eigenvalue weighted by atomic mass is 16.5. The molecule has 20 heavy (non-hydrogen) atoms. The minimum Gasteiger partial charge on any atom is -0.394 e. The van der Waals surface area contributed by atoms with E-state index in [0.717, 1.165) is 32.5 Å². The van der Waals surface area contributed by atoms with Crippen LogP contribution in [0.5, 0.6) is 0 Å². The first-order chi connectivity index (χ1) is 9.62. The van der Waals surface area contributed by atoms with Crippen molar-refractivity contribution >= 4 is 0 Å². The van der Waals surface area contributed by atoms with Gasteiger partial charge in [0, 0.05) is 24.8 Å². The lowest BCUT2D eigenvalue weighted by atomic mass is 9.91. The van der Waals surface area contributed by atoms with Gasteiger partial charge in [0.05, 0.1) is 19.8 Å². The third-order valence-electron chi connectivity index (χ3n) is 3.83. The van der Waals surface area contributed by atoms with Crippen LogP contribution in [0.3, 0.4) is 0 Å². The van der Waals surface area contributed by atoms with E-state index in [4.69, 9.17) is 9.47 Å². The van der Waals surface area contributed by atoms with Crippen LogP contribution in [0.4, 0.5) is 0 Å². The molecule has 4 heteroatoms. The lowest BCUT2D eigenvalue weighted by Crippen LogP contribution is -2.49. The topological polar surface area (TPSA) is 50.7 Å². The van der Waals surface area contributed by atoms with Gasteiger partial charge < -0.3 is 19.9 Å². The molecule has 1 rings (SSSR count). The van der Waals surface area contributed by atoms with Crippen molar-refractivity contribution in [1.82, 2.24) is 5.32 Å². The van der Waals surface area contributed by atoms with Crippen LogP contribution in [0.15, 0.2) is 0 Å². The number of hydrogen-bond donors (Lipinski definition) is 2. The normalized spacial score (nSPS) is 18.4. The van der Waals surface area contributed by atoms with Gasteiger partial charge in [-0.1, -0.05) is 20.8 Å². The molecule has 0 saturated heterocycles. The van der Waals surface area contributed by atoms with Crippen LogP contribution in [0.1, 0.15) is 52.9 Å². The molecule has 2 N–H and O–H groups in total. The number of aliphatic hydroxyl groups is 1. The number of rotatable bonds is 13. The van der Waals surface area contributed by atoms with Crippen molar-refractivity contribution < 1.29 is 14.6 Å². The predicted octanol–water partition coefficient (Wildman–Crippen LogP) is 2.35. The van der Waals surface area contributed by atoms with Gasteiger partial charge in [0.15, 0.2) is 0 Å². The molecule has 1 atom stereocenters. The van der Waals surface area contributed by atoms with Crippen LogP contribution in [-0.4, -0.2) is 49.7 Å². The third kappa shape index (κ3) is 7.58. The van der Waals surface area contributed by atoms with E-state index in [9.17, 15) is 5.11 Å². The Morgan fingerprint density at radius 1 is 1.20 bits per heavy atom. The molecule has 1 fully saturated rings. The lowest BCUT2D eigenvalue weighted by Gasteiger charge is -2.32. The summed E-state index contributed by atoms with van der Waals surface area (Å²) in [6.07, 6.45) is 5.44. The van der Waals surface area contributed by atoms with Crippen molar-refractivity contribution in [1.29, 1.82) is 0 Å². The quantitative estimate of drug-likeness (QED) is 0.511. The zero-order chi connectivity index (χ0) is 14.8. The van der Waals surface area contributed by atoms with E-state index in [0.29, 0.717) is 25.2 Å². The van der Waals surface area contributed by atoms with Gasteiger partial charge in [0.1, 0.15) is 0 Å². The second kappa shape index (κ2) is 9.72. The van der Waals surface area contributed by atoms with Gasteiger partial charge >= 0.3 is 0 Å². The van der Waals surface area contributed by atoms with Crippen LogP contribution in [0.25, 0.3) is 0 Å². The summed E-state index contributed by atoms with van der Waals surface area (Å²) in [4.78, 5) is 0. The van der Waals surface area contributed by atoms with Crippen molar-refractivity contribution in [3.8, 4) is 0 Å². The summed E-state index contributed by atoms with van der Waals surface area (Å²) in [6.45, 7) is 9.55. The minimum absolute atomic E-state index is 0.0985. The number of ether oxygens (including phenoxy) is 2. The van der Waals surface area contributed by atoms with Crippen molar-refractivity contribution in [3.05, 3.63) is 0 Å². The highest BCUT2D eigenvalue weighted by Crippen LogP contribution is 2.26. The van der Waals surface area contributed by atoms with Crippen LogP contribution < -0.4 is 5.32 Å². The van der Waals surface area contributed by atoms with Crippen LogP contribution in [0, 0.1) is 5.92 Å². The highest BCUT2D eigenvalue weighted by Gasteiger charge is 2.33. The van der Waals surface area contributed by atoms with E-state index < -0.39 is 0 Å². The van der Waals surface area contributed by atoms with Gasteiger partial charge in [-0.15, -0.1) is 0 Å². The molecule has 0 aromatic rings. The monoisotopic (exact) mass is 287 g/mol. The van der Waals surface area contributed by atoms with Crippen molar-refractivity contribution in [2.24, 2.45) is 5.92 Å². The van der Waals surface area contributed by atoms with E-state index >= 15 is 0 Å². The standard InChI is InChI=1S/C16H33NO3/c1-4-16(13-18,17-15-6-7-15)8-5-9-19-10-11-20-12-14(2)3/h14-15,17-18H,4-13H2,1-3H3. The molecule has 120 valence electrons. The number of hydrogen-bond acceptors (Lipinski definition) is 4. The highest BCUT2D eigenvalue weighted by molar-refractivity contribution is 4.94. The fraction of sp³-hybridized carbons (Fsp3) is 1.00. The zero-order valence-corrected chi connectivity index (χ0v) is 13.5. The van der Waals surface area contributed by atoms with Crippen LogP contribution in [-0.2, 0) is 9.47 Å². The third-order valence-corrected chi connectivity index (χ3v) is 3.83. The fourth-order valence-corrected chi connectivity index (χ4v) is 2.30. The summed E-state index contributed by atoms with van der Waals surface area (Å²) < 4.78 is 11.1. The van der Waals surface area contributed by atoms with E-state index in [1.165, 1.54) is 12.8 Å². The Hall–Kier alpha value is -0.160. The van der Waals surface area contributed by atoms with E-state index in [2.05, 4.69) is 26.1 Å². The first-order valence-electron chi connectivity index (χ1n) is 8.16. The fourth-order valence-electron chi connectivity index (χ4n) is 2.30. The molecule has 4 nitrogen and oxygen atoms in total. The van der Waals surface area contributed by atoms with Crippen molar-refractivity contribution in [2.75, 3.05) is 33.0 Å². The maximum atomic E-state index is 9.65. The molecule has 0 spiro atoms. The molecular formula is C16H33NO3. The Balaban J connectivity index is 2.02. The summed E-state index contributed by atoms with van der Waals surface area (Å²) in [5.41, 5.74) is -0.0985. The maximum Gasteiger partial charge on any atom is 0.0700 e. The first-order valence-corrected chi connectivity index (χ1v) is 8.16. The van der Waals surface area contributed by atoms with E-state index in [1.807, 2.05) is 0 Å². The molecule has 0 bridgehead atoms. The molecule has 0 heterocycles.